The third-order valence-corrected chi connectivity index (χ3v) is 4.87. The van der Waals surface area contributed by atoms with Crippen LogP contribution >= 0.6 is 23.4 Å². The lowest BCUT2D eigenvalue weighted by atomic mass is 10.2. The number of thioether (sulfide) groups is 1. The highest BCUT2D eigenvalue weighted by molar-refractivity contribution is 8.18. The van der Waals surface area contributed by atoms with E-state index >= 15 is 0 Å². The Kier molecular flexibility index (Phi) is 6.96. The van der Waals surface area contributed by atoms with Gasteiger partial charge < -0.3 is 19.9 Å². The van der Waals surface area contributed by atoms with Gasteiger partial charge in [0.2, 0.25) is 0 Å². The molecule has 0 aromatic heterocycles. The van der Waals surface area contributed by atoms with Crippen LogP contribution in [0.3, 0.4) is 0 Å². The summed E-state index contributed by atoms with van der Waals surface area (Å²) >= 11 is 7.36. The van der Waals surface area contributed by atoms with Crippen molar-refractivity contribution in [3.05, 3.63) is 57.7 Å². The predicted octanol–water partition coefficient (Wildman–Crippen LogP) is 4.23. The zero-order valence-electron chi connectivity index (χ0n) is 15.6. The van der Waals surface area contributed by atoms with Gasteiger partial charge >= 0.3 is 5.97 Å². The number of amidine groups is 1. The van der Waals surface area contributed by atoms with Gasteiger partial charge in [-0.2, -0.15) is 0 Å². The molecule has 156 valence electrons. The molecular weight excluding hydrogens is 435 g/mol. The van der Waals surface area contributed by atoms with Gasteiger partial charge in [0.15, 0.2) is 23.3 Å². The molecule has 0 saturated carbocycles. The lowest BCUT2D eigenvalue weighted by Gasteiger charge is -2.13. The zero-order valence-corrected chi connectivity index (χ0v) is 17.2. The number of nitrogens with one attached hydrogen (secondary N) is 1. The highest BCUT2D eigenvalue weighted by Gasteiger charge is 2.24. The summed E-state index contributed by atoms with van der Waals surface area (Å²) in [5.41, 5.74) is 1.06. The topological polar surface area (TPSA) is 97.2 Å². The maximum absolute atomic E-state index is 13.0. The molecule has 0 aliphatic carbocycles. The van der Waals surface area contributed by atoms with Gasteiger partial charge in [-0.05, 0) is 66.7 Å². The quantitative estimate of drug-likeness (QED) is 0.612. The maximum Gasteiger partial charge on any atom is 0.341 e. The van der Waals surface area contributed by atoms with Crippen molar-refractivity contribution >= 4 is 52.2 Å². The van der Waals surface area contributed by atoms with E-state index in [1.165, 1.54) is 30.3 Å². The van der Waals surface area contributed by atoms with Gasteiger partial charge in [0.25, 0.3) is 5.91 Å². The minimum absolute atomic E-state index is 0.116. The molecule has 0 bridgehead atoms. The van der Waals surface area contributed by atoms with Gasteiger partial charge in [0.1, 0.15) is 5.82 Å². The van der Waals surface area contributed by atoms with Crippen LogP contribution in [0.4, 0.5) is 10.1 Å². The smallest absolute Gasteiger partial charge is 0.341 e. The summed E-state index contributed by atoms with van der Waals surface area (Å²) in [6.07, 6.45) is 1.60. The number of amides is 1. The van der Waals surface area contributed by atoms with E-state index in [0.29, 0.717) is 27.9 Å². The van der Waals surface area contributed by atoms with Crippen LogP contribution in [0.2, 0.25) is 5.02 Å². The molecule has 3 rings (SSSR count). The first kappa shape index (κ1) is 21.7. The van der Waals surface area contributed by atoms with Gasteiger partial charge in [-0.1, -0.05) is 11.6 Å². The Bertz CT molecular complexity index is 1040. The second-order valence-corrected chi connectivity index (χ2v) is 7.34. The fourth-order valence-corrected chi connectivity index (χ4v) is 3.59. The van der Waals surface area contributed by atoms with E-state index in [2.05, 4.69) is 10.3 Å². The first-order valence-corrected chi connectivity index (χ1v) is 9.91. The van der Waals surface area contributed by atoms with E-state index in [9.17, 15) is 14.0 Å². The number of hydrogen-bond donors (Lipinski definition) is 2. The number of nitrogens with zero attached hydrogens (tertiary/aromatic N) is 1. The molecule has 0 atom stereocenters. The van der Waals surface area contributed by atoms with Gasteiger partial charge in [-0.3, -0.25) is 4.79 Å². The van der Waals surface area contributed by atoms with E-state index < -0.39 is 12.6 Å². The summed E-state index contributed by atoms with van der Waals surface area (Å²) in [7, 11) is 0. The lowest BCUT2D eigenvalue weighted by molar-refractivity contribution is -0.139. The minimum atomic E-state index is -1.15. The summed E-state index contributed by atoms with van der Waals surface area (Å²) in [6.45, 7) is 1.50. The Morgan fingerprint density at radius 2 is 2.03 bits per heavy atom. The molecule has 1 saturated heterocycles. The number of carboxylic acid groups (broad SMARTS) is 1. The molecule has 2 aromatic rings. The number of rotatable bonds is 7. The largest absolute Gasteiger partial charge is 0.490 e. The van der Waals surface area contributed by atoms with Crippen LogP contribution in [-0.2, 0) is 9.59 Å². The summed E-state index contributed by atoms with van der Waals surface area (Å²) in [5.74, 6) is -1.49. The average Bonchev–Trinajstić information content (AvgIpc) is 3.02. The van der Waals surface area contributed by atoms with Gasteiger partial charge in [-0.15, -0.1) is 0 Å². The Morgan fingerprint density at radius 1 is 1.30 bits per heavy atom. The monoisotopic (exact) mass is 450 g/mol. The number of aliphatic imine (C=N–C) groups is 1. The molecule has 2 aromatic carbocycles. The molecule has 2 N–H and O–H groups in total. The minimum Gasteiger partial charge on any atom is -0.490 e. The molecule has 30 heavy (non-hydrogen) atoms. The number of carbonyl (C=O) groups is 2. The van der Waals surface area contributed by atoms with E-state index in [1.807, 2.05) is 0 Å². The van der Waals surface area contributed by atoms with E-state index in [1.54, 1.807) is 19.1 Å². The number of carbonyl (C=O) groups excluding carboxylic acids is 1. The standard InChI is InChI=1S/C20H16ClFN2O5S/c1-2-28-15-8-11(7-14(21)18(15)29-10-17(25)26)9-16-19(27)24-20(30-16)23-13-5-3-12(22)4-6-13/h3-9H,2,10H2,1H3,(H,25,26)(H,23,24,27)/b16-9+. The van der Waals surface area contributed by atoms with Crippen LogP contribution in [0.1, 0.15) is 12.5 Å². The number of hydrogen-bond acceptors (Lipinski definition) is 6. The Hall–Kier alpha value is -3.04. The molecule has 1 heterocycles. The summed E-state index contributed by atoms with van der Waals surface area (Å²) in [5, 5.41) is 12.0. The van der Waals surface area contributed by atoms with Crippen LogP contribution < -0.4 is 14.8 Å². The van der Waals surface area contributed by atoms with Gasteiger partial charge in [-0.25, -0.2) is 14.2 Å². The van der Waals surface area contributed by atoms with Crippen LogP contribution in [0, 0.1) is 5.82 Å². The normalized spacial score (nSPS) is 16.0. The van der Waals surface area contributed by atoms with Crippen molar-refractivity contribution in [2.45, 2.75) is 6.92 Å². The highest BCUT2D eigenvalue weighted by atomic mass is 35.5. The molecule has 1 amide bonds. The molecule has 0 radical (unpaired) electrons. The van der Waals surface area contributed by atoms with Crippen LogP contribution in [0.5, 0.6) is 11.5 Å². The summed E-state index contributed by atoms with van der Waals surface area (Å²) < 4.78 is 23.7. The highest BCUT2D eigenvalue weighted by Crippen LogP contribution is 2.38. The maximum atomic E-state index is 13.0. The SMILES string of the molecule is CCOc1cc(/C=C2/SC(=Nc3ccc(F)cc3)NC2=O)cc(Cl)c1OCC(=O)O. The fourth-order valence-electron chi connectivity index (χ4n) is 2.47. The van der Waals surface area contributed by atoms with Crippen molar-refractivity contribution in [1.29, 1.82) is 0 Å². The average molecular weight is 451 g/mol. The Balaban J connectivity index is 1.85. The van der Waals surface area contributed by atoms with Crippen molar-refractivity contribution in [1.82, 2.24) is 5.32 Å². The fraction of sp³-hybridized carbons (Fsp3) is 0.150. The second-order valence-electron chi connectivity index (χ2n) is 5.90. The second kappa shape index (κ2) is 9.64. The first-order valence-electron chi connectivity index (χ1n) is 8.71. The van der Waals surface area contributed by atoms with E-state index in [-0.39, 0.29) is 28.2 Å². The van der Waals surface area contributed by atoms with Crippen LogP contribution in [0.15, 0.2) is 46.3 Å². The number of ether oxygens (including phenoxy) is 2. The number of carboxylic acids is 1. The third-order valence-electron chi connectivity index (χ3n) is 3.68. The molecule has 0 spiro atoms. The molecule has 0 unspecified atom stereocenters. The molecule has 1 fully saturated rings. The molecule has 7 nitrogen and oxygen atoms in total. The summed E-state index contributed by atoms with van der Waals surface area (Å²) in [4.78, 5) is 27.7. The predicted molar refractivity (Wildman–Crippen MR) is 113 cm³/mol. The van der Waals surface area contributed by atoms with Crippen molar-refractivity contribution in [2.24, 2.45) is 4.99 Å². The zero-order chi connectivity index (χ0) is 21.7. The van der Waals surface area contributed by atoms with Crippen LogP contribution in [0.25, 0.3) is 6.08 Å². The molecule has 1 aliphatic heterocycles. The number of benzene rings is 2. The lowest BCUT2D eigenvalue weighted by Crippen LogP contribution is -2.19. The van der Waals surface area contributed by atoms with Crippen molar-refractivity contribution < 1.29 is 28.6 Å². The first-order chi connectivity index (χ1) is 14.4. The van der Waals surface area contributed by atoms with Gasteiger partial charge in [0.05, 0.1) is 22.2 Å². The Morgan fingerprint density at radius 3 is 2.70 bits per heavy atom. The van der Waals surface area contributed by atoms with E-state index in [0.717, 1.165) is 11.8 Å². The molecule has 1 aliphatic rings. The van der Waals surface area contributed by atoms with Crippen LogP contribution in [-0.4, -0.2) is 35.4 Å². The summed E-state index contributed by atoms with van der Waals surface area (Å²) in [6, 6.07) is 8.70. The number of halogens is 2. The third kappa shape index (κ3) is 5.52. The Labute approximate surface area is 180 Å². The van der Waals surface area contributed by atoms with Crippen molar-refractivity contribution in [3.8, 4) is 11.5 Å². The number of aliphatic carboxylic acids is 1. The van der Waals surface area contributed by atoms with E-state index in [4.69, 9.17) is 26.2 Å². The van der Waals surface area contributed by atoms with Gasteiger partial charge in [0, 0.05) is 0 Å². The molecule has 10 heteroatoms. The molecular formula is C20H16ClFN2O5S. The van der Waals surface area contributed by atoms with Crippen molar-refractivity contribution in [3.63, 3.8) is 0 Å². The van der Waals surface area contributed by atoms with Crippen molar-refractivity contribution in [2.75, 3.05) is 13.2 Å².